The van der Waals surface area contributed by atoms with E-state index in [1.165, 1.54) is 13.0 Å². The number of fused-ring (bicyclic) bond motifs is 2. The molecule has 192 valence electrons. The Morgan fingerprint density at radius 3 is 2.50 bits per heavy atom. The average molecular weight is 523 g/mol. The number of aryl methyl sites for hydroxylation is 1. The number of carboxylic acids is 1. The minimum Gasteiger partial charge on any atom is -0.492 e. The summed E-state index contributed by atoms with van der Waals surface area (Å²) in [4.78, 5) is 25.6. The molecule has 2 unspecified atom stereocenters. The van der Waals surface area contributed by atoms with Gasteiger partial charge in [-0.25, -0.2) is 4.79 Å². The Labute approximate surface area is 211 Å². The van der Waals surface area contributed by atoms with Crippen molar-refractivity contribution < 1.29 is 32.6 Å². The highest BCUT2D eigenvalue weighted by atomic mass is 35.5. The van der Waals surface area contributed by atoms with Crippen LogP contribution in [0.25, 0.3) is 5.57 Å². The summed E-state index contributed by atoms with van der Waals surface area (Å²) in [6.45, 7) is 2.65. The molecule has 0 saturated carbocycles. The molecule has 0 radical (unpaired) electrons. The van der Waals surface area contributed by atoms with E-state index in [1.807, 2.05) is 24.3 Å². The first kappa shape index (κ1) is 26.0. The van der Waals surface area contributed by atoms with Crippen LogP contribution in [-0.4, -0.2) is 53.7 Å². The lowest BCUT2D eigenvalue weighted by Gasteiger charge is -2.43. The number of ether oxygens (including phenoxy) is 1. The Morgan fingerprint density at radius 2 is 1.89 bits per heavy atom. The maximum absolute atomic E-state index is 12.8. The van der Waals surface area contributed by atoms with Crippen molar-refractivity contribution in [3.63, 3.8) is 0 Å². The number of amides is 1. The second-order valence-corrected chi connectivity index (χ2v) is 9.44. The monoisotopic (exact) mass is 522 g/mol. The third-order valence-electron chi connectivity index (χ3n) is 6.51. The second-order valence-electron chi connectivity index (χ2n) is 9.03. The van der Waals surface area contributed by atoms with E-state index in [1.54, 1.807) is 4.90 Å². The van der Waals surface area contributed by atoms with Crippen LogP contribution in [0.5, 0.6) is 5.75 Å². The molecule has 2 aromatic rings. The van der Waals surface area contributed by atoms with Crippen molar-refractivity contribution in [2.75, 3.05) is 19.7 Å². The highest BCUT2D eigenvalue weighted by Gasteiger charge is 2.39. The number of halogens is 4. The smallest absolute Gasteiger partial charge is 0.416 e. The number of benzene rings is 2. The number of aliphatic carboxylic acids is 1. The number of hydrogen-bond acceptors (Lipinski definition) is 4. The number of carbonyl (C=O) groups excluding carboxylic acids is 1. The van der Waals surface area contributed by atoms with Gasteiger partial charge in [-0.2, -0.15) is 13.2 Å². The van der Waals surface area contributed by atoms with Gasteiger partial charge in [-0.05, 0) is 54.2 Å². The van der Waals surface area contributed by atoms with Crippen LogP contribution in [0.4, 0.5) is 13.2 Å². The van der Waals surface area contributed by atoms with E-state index in [0.717, 1.165) is 28.8 Å². The molecule has 10 heteroatoms. The van der Waals surface area contributed by atoms with Gasteiger partial charge in [-0.1, -0.05) is 35.9 Å². The van der Waals surface area contributed by atoms with Gasteiger partial charge in [0.15, 0.2) is 0 Å². The molecule has 6 nitrogen and oxygen atoms in total. The molecule has 2 aliphatic heterocycles. The third-order valence-corrected chi connectivity index (χ3v) is 6.80. The molecule has 0 spiro atoms. The molecule has 0 aliphatic carbocycles. The Balaban J connectivity index is 1.38. The molecule has 2 bridgehead atoms. The van der Waals surface area contributed by atoms with Gasteiger partial charge >= 0.3 is 12.1 Å². The molecule has 4 rings (SSSR count). The Morgan fingerprint density at radius 1 is 1.17 bits per heavy atom. The van der Waals surface area contributed by atoms with Gasteiger partial charge < -0.3 is 20.1 Å². The number of carboxylic acid groups (broad SMARTS) is 1. The molecular formula is C26H26ClF3N2O4. The Bertz CT molecular complexity index is 1180. The zero-order chi connectivity index (χ0) is 26.0. The van der Waals surface area contributed by atoms with Gasteiger partial charge in [0.05, 0.1) is 28.8 Å². The van der Waals surface area contributed by atoms with E-state index in [9.17, 15) is 27.9 Å². The number of nitrogens with one attached hydrogen (secondary N) is 1. The fraction of sp³-hybridized carbons (Fsp3) is 0.385. The summed E-state index contributed by atoms with van der Waals surface area (Å²) in [6, 6.07) is 10.3. The van der Waals surface area contributed by atoms with Crippen molar-refractivity contribution in [2.24, 2.45) is 0 Å². The average Bonchev–Trinajstić information content (AvgIpc) is 2.81. The Kier molecular flexibility index (Phi) is 7.61. The lowest BCUT2D eigenvalue weighted by atomic mass is 9.83. The predicted octanol–water partition coefficient (Wildman–Crippen LogP) is 4.80. The van der Waals surface area contributed by atoms with Crippen LogP contribution in [-0.2, 0) is 22.2 Å². The minimum absolute atomic E-state index is 0.000373. The summed E-state index contributed by atoms with van der Waals surface area (Å²) in [5.41, 5.74) is 2.12. The first-order chi connectivity index (χ1) is 17.0. The van der Waals surface area contributed by atoms with Crippen LogP contribution >= 0.6 is 11.6 Å². The summed E-state index contributed by atoms with van der Waals surface area (Å²) < 4.78 is 43.8. The second kappa shape index (κ2) is 10.5. The van der Waals surface area contributed by atoms with Crippen molar-refractivity contribution in [1.29, 1.82) is 0 Å². The molecule has 2 atom stereocenters. The van der Waals surface area contributed by atoms with Crippen molar-refractivity contribution >= 4 is 29.1 Å². The van der Waals surface area contributed by atoms with Crippen LogP contribution < -0.4 is 10.1 Å². The topological polar surface area (TPSA) is 78.9 Å². The molecule has 2 heterocycles. The molecule has 0 aromatic heterocycles. The van der Waals surface area contributed by atoms with E-state index in [-0.39, 0.29) is 29.3 Å². The van der Waals surface area contributed by atoms with Crippen molar-refractivity contribution in [3.8, 4) is 5.75 Å². The maximum Gasteiger partial charge on any atom is 0.416 e. The highest BCUT2D eigenvalue weighted by Crippen LogP contribution is 2.35. The SMILES string of the molecule is CC(=O)N1CC2CC(c3ccc(CCCOc4ccc(C(F)(F)F)cc4Cl)cc3)=C(C(=O)O)C(C1)N2. The van der Waals surface area contributed by atoms with Gasteiger partial charge in [-0.15, -0.1) is 0 Å². The van der Waals surface area contributed by atoms with Gasteiger partial charge in [0, 0.05) is 26.1 Å². The first-order valence-corrected chi connectivity index (χ1v) is 12.0. The van der Waals surface area contributed by atoms with Crippen molar-refractivity contribution in [2.45, 2.75) is 44.4 Å². The van der Waals surface area contributed by atoms with E-state index in [0.29, 0.717) is 37.9 Å². The summed E-state index contributed by atoms with van der Waals surface area (Å²) in [6.07, 6.45) is -2.65. The van der Waals surface area contributed by atoms with Gasteiger partial charge in [0.2, 0.25) is 5.91 Å². The predicted molar refractivity (Wildman–Crippen MR) is 129 cm³/mol. The molecular weight excluding hydrogens is 497 g/mol. The van der Waals surface area contributed by atoms with Gasteiger partial charge in [0.1, 0.15) is 5.75 Å². The fourth-order valence-electron chi connectivity index (χ4n) is 4.75. The number of nitrogens with zero attached hydrogens (tertiary/aromatic N) is 1. The maximum atomic E-state index is 12.8. The van der Waals surface area contributed by atoms with Gasteiger partial charge in [0.25, 0.3) is 0 Å². The normalized spacial score (nSPS) is 19.9. The number of piperazine rings is 1. The molecule has 36 heavy (non-hydrogen) atoms. The van der Waals surface area contributed by atoms with E-state index >= 15 is 0 Å². The molecule has 2 aliphatic rings. The Hall–Kier alpha value is -3.04. The summed E-state index contributed by atoms with van der Waals surface area (Å²) in [7, 11) is 0. The molecule has 1 fully saturated rings. The van der Waals surface area contributed by atoms with Crippen LogP contribution in [0, 0.1) is 0 Å². The summed E-state index contributed by atoms with van der Waals surface area (Å²) >= 11 is 5.92. The van der Waals surface area contributed by atoms with Crippen molar-refractivity contribution in [1.82, 2.24) is 10.2 Å². The van der Waals surface area contributed by atoms with Crippen LogP contribution in [0.2, 0.25) is 5.02 Å². The zero-order valence-electron chi connectivity index (χ0n) is 19.6. The van der Waals surface area contributed by atoms with Crippen LogP contribution in [0.1, 0.15) is 36.5 Å². The summed E-state index contributed by atoms with van der Waals surface area (Å²) in [5.74, 6) is -0.851. The highest BCUT2D eigenvalue weighted by molar-refractivity contribution is 6.32. The standard InChI is InChI=1S/C26H26ClF3N2O4/c1-15(33)32-13-19-12-20(24(25(34)35)22(14-32)31-19)17-6-4-16(5-7-17)3-2-10-36-23-9-8-18(11-21(23)27)26(28,29)30/h4-9,11,19,22,31H,2-3,10,12-14H2,1H3,(H,34,35). The zero-order valence-corrected chi connectivity index (χ0v) is 20.3. The quantitative estimate of drug-likeness (QED) is 0.511. The van der Waals surface area contributed by atoms with E-state index < -0.39 is 23.8 Å². The number of alkyl halides is 3. The van der Waals surface area contributed by atoms with E-state index in [4.69, 9.17) is 16.3 Å². The lowest BCUT2D eigenvalue weighted by Crippen LogP contribution is -2.61. The number of carbonyl (C=O) groups is 2. The molecule has 2 N–H and O–H groups in total. The molecule has 1 saturated heterocycles. The van der Waals surface area contributed by atoms with Crippen LogP contribution in [0.15, 0.2) is 48.0 Å². The number of rotatable bonds is 7. The largest absolute Gasteiger partial charge is 0.492 e. The van der Waals surface area contributed by atoms with Gasteiger partial charge in [-0.3, -0.25) is 4.79 Å². The molecule has 1 amide bonds. The fourth-order valence-corrected chi connectivity index (χ4v) is 4.98. The van der Waals surface area contributed by atoms with E-state index in [2.05, 4.69) is 5.32 Å². The third kappa shape index (κ3) is 5.84. The first-order valence-electron chi connectivity index (χ1n) is 11.6. The minimum atomic E-state index is -4.46. The summed E-state index contributed by atoms with van der Waals surface area (Å²) in [5, 5.41) is 13.1. The number of hydrogen-bond donors (Lipinski definition) is 2. The van der Waals surface area contributed by atoms with Crippen LogP contribution in [0.3, 0.4) is 0 Å². The lowest BCUT2D eigenvalue weighted by molar-refractivity contribution is -0.137. The van der Waals surface area contributed by atoms with Crippen molar-refractivity contribution in [3.05, 3.63) is 69.8 Å². The molecule has 2 aromatic carbocycles.